The van der Waals surface area contributed by atoms with Crippen molar-refractivity contribution in [1.82, 2.24) is 30.0 Å². The molecule has 1 N–H and O–H groups in total. The molecular weight excluding hydrogens is 524 g/mol. The van der Waals surface area contributed by atoms with Gasteiger partial charge in [-0.3, -0.25) is 19.1 Å². The van der Waals surface area contributed by atoms with E-state index in [0.717, 1.165) is 28.6 Å². The summed E-state index contributed by atoms with van der Waals surface area (Å²) in [5.74, 6) is -0.541. The number of ketones is 1. The number of aryl methyl sites for hydroxylation is 2. The predicted octanol–water partition coefficient (Wildman–Crippen LogP) is 2.96. The molecule has 0 spiro atoms. The number of piperidine rings is 1. The second kappa shape index (κ2) is 9.99. The van der Waals surface area contributed by atoms with Crippen molar-refractivity contribution in [3.63, 3.8) is 0 Å². The third-order valence-corrected chi connectivity index (χ3v) is 8.77. The van der Waals surface area contributed by atoms with E-state index in [4.69, 9.17) is 9.47 Å². The highest BCUT2D eigenvalue weighted by Gasteiger charge is 2.64. The molecule has 1 unspecified atom stereocenters. The van der Waals surface area contributed by atoms with E-state index in [0.29, 0.717) is 49.5 Å². The lowest BCUT2D eigenvalue weighted by Gasteiger charge is -2.28. The molecule has 216 valence electrons. The average molecular weight is 561 g/mol. The van der Waals surface area contributed by atoms with Crippen LogP contribution in [0.25, 0.3) is 22.0 Å². The van der Waals surface area contributed by atoms with E-state index in [1.807, 2.05) is 32.9 Å². The van der Waals surface area contributed by atoms with Crippen molar-refractivity contribution in [2.24, 2.45) is 5.41 Å². The first kappa shape index (κ1) is 27.5. The standard InChI is InChI=1S/C30H36N6O5/c1-17-10-20(21-14-32-19(3)33-15-21)11-22-26(18(2)37)34-35(27(17)22)16-25(38)36-23(12-29(4)13-24(29)36)28(39)31-7-6-30(5)40-8-9-41-30/h10-11,14-15,23-24H,6-9,12-13,16H2,1-5H3,(H,31,39)/t23-,24?,29-/m0/s1. The van der Waals surface area contributed by atoms with Crippen LogP contribution >= 0.6 is 0 Å². The maximum Gasteiger partial charge on any atom is 0.245 e. The summed E-state index contributed by atoms with van der Waals surface area (Å²) in [7, 11) is 0. The molecule has 11 nitrogen and oxygen atoms in total. The fraction of sp³-hybridized carbons (Fsp3) is 0.533. The maximum atomic E-state index is 13.8. The van der Waals surface area contributed by atoms with Crippen LogP contribution in [0, 0.1) is 19.3 Å². The van der Waals surface area contributed by atoms with Gasteiger partial charge in [0.1, 0.15) is 24.1 Å². The lowest BCUT2D eigenvalue weighted by Crippen LogP contribution is -2.49. The Morgan fingerprint density at radius 1 is 1.05 bits per heavy atom. The summed E-state index contributed by atoms with van der Waals surface area (Å²) in [5.41, 5.74) is 3.56. The first-order chi connectivity index (χ1) is 19.5. The Morgan fingerprint density at radius 3 is 2.44 bits per heavy atom. The van der Waals surface area contributed by atoms with E-state index < -0.39 is 11.8 Å². The lowest BCUT2D eigenvalue weighted by atomic mass is 10.0. The third kappa shape index (κ3) is 5.01. The fourth-order valence-corrected chi connectivity index (χ4v) is 6.41. The second-order valence-corrected chi connectivity index (χ2v) is 12.0. The smallest absolute Gasteiger partial charge is 0.245 e. The molecule has 3 fully saturated rings. The SMILES string of the molecule is CC(=O)c1nn(CC(=O)N2C3C[C@]3(C)C[C@H]2C(=O)NCCC2(C)OCCO2)c2c(C)cc(-c3cnc(C)nc3)cc12. The van der Waals surface area contributed by atoms with Gasteiger partial charge >= 0.3 is 0 Å². The van der Waals surface area contributed by atoms with Crippen molar-refractivity contribution >= 4 is 28.5 Å². The molecule has 3 atom stereocenters. The van der Waals surface area contributed by atoms with Crippen LogP contribution < -0.4 is 5.32 Å². The number of hydrogen-bond donors (Lipinski definition) is 1. The van der Waals surface area contributed by atoms with Gasteiger partial charge in [0.05, 0.1) is 18.7 Å². The number of aromatic nitrogens is 4. The maximum absolute atomic E-state index is 13.8. The van der Waals surface area contributed by atoms with Crippen LogP contribution in [0.2, 0.25) is 0 Å². The molecule has 1 saturated carbocycles. The van der Waals surface area contributed by atoms with Crippen LogP contribution in [-0.2, 0) is 25.6 Å². The van der Waals surface area contributed by atoms with Gasteiger partial charge in [-0.15, -0.1) is 0 Å². The summed E-state index contributed by atoms with van der Waals surface area (Å²) in [6.45, 7) is 10.7. The number of carbonyl (C=O) groups excluding carboxylic acids is 3. The van der Waals surface area contributed by atoms with E-state index in [2.05, 4.69) is 27.3 Å². The summed E-state index contributed by atoms with van der Waals surface area (Å²) >= 11 is 0. The Morgan fingerprint density at radius 2 is 1.76 bits per heavy atom. The minimum absolute atomic E-state index is 0.0214. The van der Waals surface area contributed by atoms with E-state index >= 15 is 0 Å². The van der Waals surface area contributed by atoms with Gasteiger partial charge in [0, 0.05) is 49.3 Å². The zero-order valence-corrected chi connectivity index (χ0v) is 24.2. The number of fused-ring (bicyclic) bond motifs is 2. The van der Waals surface area contributed by atoms with Crippen molar-refractivity contribution in [3.8, 4) is 11.1 Å². The molecule has 2 amide bonds. The van der Waals surface area contributed by atoms with Crippen molar-refractivity contribution in [3.05, 3.63) is 41.6 Å². The number of ether oxygens (including phenoxy) is 2. The van der Waals surface area contributed by atoms with Gasteiger partial charge in [0.25, 0.3) is 0 Å². The van der Waals surface area contributed by atoms with Gasteiger partial charge in [-0.05, 0) is 62.3 Å². The van der Waals surface area contributed by atoms with Gasteiger partial charge in [0.15, 0.2) is 11.6 Å². The van der Waals surface area contributed by atoms with E-state index in [-0.39, 0.29) is 35.6 Å². The number of likely N-dealkylation sites (tertiary alicyclic amines) is 1. The molecule has 11 heteroatoms. The summed E-state index contributed by atoms with van der Waals surface area (Å²) < 4.78 is 12.9. The number of rotatable bonds is 8. The minimum Gasteiger partial charge on any atom is -0.354 e. The monoisotopic (exact) mass is 560 g/mol. The van der Waals surface area contributed by atoms with Crippen molar-refractivity contribution < 1.29 is 23.9 Å². The predicted molar refractivity (Wildman–Crippen MR) is 150 cm³/mol. The number of benzene rings is 1. The van der Waals surface area contributed by atoms with Gasteiger partial charge in [-0.25, -0.2) is 9.97 Å². The number of nitrogens with zero attached hydrogens (tertiary/aromatic N) is 5. The Kier molecular flexibility index (Phi) is 6.69. The zero-order valence-electron chi connectivity index (χ0n) is 24.2. The van der Waals surface area contributed by atoms with E-state index in [1.54, 1.807) is 22.0 Å². The summed E-state index contributed by atoms with van der Waals surface area (Å²) in [4.78, 5) is 50.1. The summed E-state index contributed by atoms with van der Waals surface area (Å²) in [5, 5.41) is 8.27. The van der Waals surface area contributed by atoms with E-state index in [1.165, 1.54) is 6.92 Å². The molecule has 3 aliphatic rings. The number of nitrogens with one attached hydrogen (secondary N) is 1. The van der Waals surface area contributed by atoms with Gasteiger partial charge in [-0.2, -0.15) is 5.10 Å². The van der Waals surface area contributed by atoms with Gasteiger partial charge in [0.2, 0.25) is 11.8 Å². The Labute approximate surface area is 238 Å². The first-order valence-electron chi connectivity index (χ1n) is 14.2. The van der Waals surface area contributed by atoms with Crippen LogP contribution in [-0.4, -0.2) is 79.9 Å². The van der Waals surface area contributed by atoms with Crippen LogP contribution in [0.5, 0.6) is 0 Å². The number of hydrogen-bond acceptors (Lipinski definition) is 8. The van der Waals surface area contributed by atoms with Crippen molar-refractivity contribution in [2.75, 3.05) is 19.8 Å². The summed E-state index contributed by atoms with van der Waals surface area (Å²) in [6, 6.07) is 3.37. The molecule has 2 saturated heterocycles. The molecule has 1 aromatic carbocycles. The molecule has 3 aromatic rings. The topological polar surface area (TPSA) is 129 Å². The molecule has 0 bridgehead atoms. The van der Waals surface area contributed by atoms with E-state index in [9.17, 15) is 14.4 Å². The highest BCUT2D eigenvalue weighted by atomic mass is 16.7. The minimum atomic E-state index is -0.688. The highest BCUT2D eigenvalue weighted by molar-refractivity contribution is 6.07. The highest BCUT2D eigenvalue weighted by Crippen LogP contribution is 2.59. The molecule has 0 radical (unpaired) electrons. The van der Waals surface area contributed by atoms with Gasteiger partial charge in [-0.1, -0.05) is 6.92 Å². The molecule has 41 heavy (non-hydrogen) atoms. The van der Waals surface area contributed by atoms with Crippen molar-refractivity contribution in [1.29, 1.82) is 0 Å². The zero-order chi connectivity index (χ0) is 29.1. The van der Waals surface area contributed by atoms with Gasteiger partial charge < -0.3 is 19.7 Å². The largest absolute Gasteiger partial charge is 0.354 e. The number of Topliss-reactive ketones (excluding diaryl/α,β-unsaturated/α-hetero) is 1. The third-order valence-electron chi connectivity index (χ3n) is 8.77. The Bertz CT molecular complexity index is 1540. The van der Waals surface area contributed by atoms with Crippen LogP contribution in [0.3, 0.4) is 0 Å². The van der Waals surface area contributed by atoms with Crippen LogP contribution in [0.4, 0.5) is 0 Å². The molecule has 2 aromatic heterocycles. The Balaban J connectivity index is 1.24. The molecular formula is C30H36N6O5. The Hall–Kier alpha value is -3.70. The van der Waals surface area contributed by atoms with Crippen LogP contribution in [0.1, 0.15) is 61.9 Å². The second-order valence-electron chi connectivity index (χ2n) is 12.0. The molecule has 4 heterocycles. The van der Waals surface area contributed by atoms with Crippen molar-refractivity contribution in [2.45, 2.75) is 78.3 Å². The first-order valence-corrected chi connectivity index (χ1v) is 14.2. The number of amides is 2. The van der Waals surface area contributed by atoms with Crippen LogP contribution in [0.15, 0.2) is 24.5 Å². The summed E-state index contributed by atoms with van der Waals surface area (Å²) in [6.07, 6.45) is 5.54. The lowest BCUT2D eigenvalue weighted by molar-refractivity contribution is -0.148. The quantitative estimate of drug-likeness (QED) is 0.417. The molecule has 6 rings (SSSR count). The number of carbonyl (C=O) groups is 3. The molecule has 1 aliphatic carbocycles. The normalized spacial score (nSPS) is 24.5. The average Bonchev–Trinajstić information content (AvgIpc) is 3.23. The fourth-order valence-electron chi connectivity index (χ4n) is 6.41. The molecule has 2 aliphatic heterocycles.